The molecule has 1 amide bonds. The Morgan fingerprint density at radius 3 is 2.68 bits per heavy atom. The van der Waals surface area contributed by atoms with Gasteiger partial charge in [-0.2, -0.15) is 5.10 Å². The standard InChI is InChI=1S/C10H10N6O3/c11-10(17)7-4-5-15(14-7)8-3-1-2-6(13-12)9(8)16(18)19/h1-5,13H,12H2,(H2,11,17). The predicted octanol–water partition coefficient (Wildman–Crippen LogP) is 0.165. The Morgan fingerprint density at radius 1 is 1.42 bits per heavy atom. The van der Waals surface area contributed by atoms with Crippen LogP contribution in [0.15, 0.2) is 30.5 Å². The number of hydrogen-bond acceptors (Lipinski definition) is 6. The number of nitro groups is 1. The summed E-state index contributed by atoms with van der Waals surface area (Å²) < 4.78 is 1.19. The third kappa shape index (κ3) is 2.21. The summed E-state index contributed by atoms with van der Waals surface area (Å²) in [6, 6.07) is 5.88. The fraction of sp³-hybridized carbons (Fsp3) is 0. The quantitative estimate of drug-likeness (QED) is 0.407. The van der Waals surface area contributed by atoms with Gasteiger partial charge in [-0.15, -0.1) is 0 Å². The molecular weight excluding hydrogens is 252 g/mol. The molecule has 2 rings (SSSR count). The molecule has 9 heteroatoms. The van der Waals surface area contributed by atoms with Crippen molar-refractivity contribution in [2.75, 3.05) is 5.43 Å². The van der Waals surface area contributed by atoms with E-state index in [0.717, 1.165) is 0 Å². The third-order valence-electron chi connectivity index (χ3n) is 2.44. The van der Waals surface area contributed by atoms with Crippen LogP contribution >= 0.6 is 0 Å². The normalized spacial score (nSPS) is 10.2. The lowest BCUT2D eigenvalue weighted by Crippen LogP contribution is -2.13. The molecule has 0 aliphatic heterocycles. The lowest BCUT2D eigenvalue weighted by molar-refractivity contribution is -0.383. The molecule has 1 aromatic heterocycles. The minimum absolute atomic E-state index is 0.0143. The summed E-state index contributed by atoms with van der Waals surface area (Å²) in [4.78, 5) is 21.5. The molecule has 0 unspecified atom stereocenters. The minimum atomic E-state index is -0.713. The first-order valence-electron chi connectivity index (χ1n) is 5.14. The maximum Gasteiger partial charge on any atom is 0.319 e. The van der Waals surface area contributed by atoms with Crippen molar-refractivity contribution in [3.05, 3.63) is 46.3 Å². The highest BCUT2D eigenvalue weighted by Gasteiger charge is 2.21. The number of amides is 1. The van der Waals surface area contributed by atoms with Crippen LogP contribution in [0.25, 0.3) is 5.69 Å². The van der Waals surface area contributed by atoms with Crippen LogP contribution in [0.3, 0.4) is 0 Å². The molecule has 0 atom stereocenters. The molecule has 0 bridgehead atoms. The number of nitrogen functional groups attached to an aromatic ring is 1. The number of primary amides is 1. The number of nitrogens with zero attached hydrogens (tertiary/aromatic N) is 3. The molecule has 9 nitrogen and oxygen atoms in total. The Bertz CT molecular complexity index is 650. The van der Waals surface area contributed by atoms with Crippen LogP contribution < -0.4 is 17.0 Å². The van der Waals surface area contributed by atoms with Crippen molar-refractivity contribution in [1.29, 1.82) is 0 Å². The summed E-state index contributed by atoms with van der Waals surface area (Å²) in [7, 11) is 0. The fourth-order valence-electron chi connectivity index (χ4n) is 1.61. The molecule has 1 aromatic carbocycles. The van der Waals surface area contributed by atoms with Gasteiger partial charge in [0.25, 0.3) is 5.91 Å². The van der Waals surface area contributed by atoms with E-state index in [1.54, 1.807) is 6.07 Å². The number of nitro benzene ring substituents is 1. The number of rotatable bonds is 4. The van der Waals surface area contributed by atoms with Crippen molar-refractivity contribution >= 4 is 17.3 Å². The number of aromatic nitrogens is 2. The van der Waals surface area contributed by atoms with Gasteiger partial charge in [-0.25, -0.2) is 4.68 Å². The van der Waals surface area contributed by atoms with Crippen LogP contribution in [0.1, 0.15) is 10.5 Å². The first kappa shape index (κ1) is 12.5. The number of anilines is 1. The van der Waals surface area contributed by atoms with Crippen molar-refractivity contribution in [3.63, 3.8) is 0 Å². The smallest absolute Gasteiger partial charge is 0.319 e. The first-order valence-corrected chi connectivity index (χ1v) is 5.14. The van der Waals surface area contributed by atoms with Gasteiger partial charge >= 0.3 is 5.69 Å². The number of benzene rings is 1. The van der Waals surface area contributed by atoms with E-state index in [1.165, 1.54) is 29.1 Å². The summed E-state index contributed by atoms with van der Waals surface area (Å²) >= 11 is 0. The molecule has 19 heavy (non-hydrogen) atoms. The molecular formula is C10H10N6O3. The number of carbonyl (C=O) groups excluding carboxylic acids is 1. The van der Waals surface area contributed by atoms with E-state index >= 15 is 0 Å². The van der Waals surface area contributed by atoms with Gasteiger partial charge in [-0.1, -0.05) is 6.07 Å². The number of nitrogens with one attached hydrogen (secondary N) is 1. The topological polar surface area (TPSA) is 142 Å². The van der Waals surface area contributed by atoms with Gasteiger partial charge in [0, 0.05) is 6.20 Å². The zero-order valence-corrected chi connectivity index (χ0v) is 9.61. The average Bonchev–Trinajstić information content (AvgIpc) is 2.87. The van der Waals surface area contributed by atoms with E-state index in [4.69, 9.17) is 11.6 Å². The second-order valence-corrected chi connectivity index (χ2v) is 3.58. The van der Waals surface area contributed by atoms with Crippen molar-refractivity contribution < 1.29 is 9.72 Å². The fourth-order valence-corrected chi connectivity index (χ4v) is 1.61. The summed E-state index contributed by atoms with van der Waals surface area (Å²) in [5.41, 5.74) is 7.40. The molecule has 5 N–H and O–H groups in total. The van der Waals surface area contributed by atoms with Gasteiger partial charge < -0.3 is 11.2 Å². The van der Waals surface area contributed by atoms with E-state index in [-0.39, 0.29) is 22.8 Å². The van der Waals surface area contributed by atoms with E-state index in [1.807, 2.05) is 0 Å². The van der Waals surface area contributed by atoms with Gasteiger partial charge in [-0.3, -0.25) is 20.8 Å². The highest BCUT2D eigenvalue weighted by molar-refractivity contribution is 5.90. The minimum Gasteiger partial charge on any atom is -0.364 e. The highest BCUT2D eigenvalue weighted by atomic mass is 16.6. The first-order chi connectivity index (χ1) is 9.04. The molecule has 0 aliphatic rings. The molecule has 98 valence electrons. The zero-order chi connectivity index (χ0) is 14.0. The molecule has 0 saturated heterocycles. The summed E-state index contributed by atoms with van der Waals surface area (Å²) in [6.07, 6.45) is 1.41. The van der Waals surface area contributed by atoms with Crippen molar-refractivity contribution in [2.24, 2.45) is 11.6 Å². The number of para-hydroxylation sites is 1. The van der Waals surface area contributed by atoms with Gasteiger partial charge in [0.05, 0.1) is 4.92 Å². The Hall–Kier alpha value is -2.94. The molecule has 0 saturated carbocycles. The number of hydrogen-bond donors (Lipinski definition) is 3. The number of hydrazine groups is 1. The molecule has 0 fully saturated rings. The Labute approximate surface area is 106 Å². The Kier molecular flexibility index (Phi) is 3.12. The maximum atomic E-state index is 11.1. The zero-order valence-electron chi connectivity index (χ0n) is 9.61. The van der Waals surface area contributed by atoms with Crippen molar-refractivity contribution in [3.8, 4) is 5.69 Å². The van der Waals surface area contributed by atoms with E-state index in [2.05, 4.69) is 10.5 Å². The molecule has 1 heterocycles. The lowest BCUT2D eigenvalue weighted by atomic mass is 10.2. The average molecular weight is 262 g/mol. The largest absolute Gasteiger partial charge is 0.364 e. The van der Waals surface area contributed by atoms with Crippen LogP contribution in [0.5, 0.6) is 0 Å². The molecule has 2 aromatic rings. The van der Waals surface area contributed by atoms with Crippen LogP contribution in [0.2, 0.25) is 0 Å². The van der Waals surface area contributed by atoms with Crippen molar-refractivity contribution in [1.82, 2.24) is 9.78 Å². The highest BCUT2D eigenvalue weighted by Crippen LogP contribution is 2.30. The van der Waals surface area contributed by atoms with Crippen LogP contribution in [-0.4, -0.2) is 20.6 Å². The van der Waals surface area contributed by atoms with Crippen molar-refractivity contribution in [2.45, 2.75) is 0 Å². The predicted molar refractivity (Wildman–Crippen MR) is 66.5 cm³/mol. The van der Waals surface area contributed by atoms with E-state index < -0.39 is 10.8 Å². The summed E-state index contributed by atoms with van der Waals surface area (Å²) in [5.74, 6) is 4.52. The van der Waals surface area contributed by atoms with Crippen LogP contribution in [0, 0.1) is 10.1 Å². The molecule has 0 radical (unpaired) electrons. The third-order valence-corrected chi connectivity index (χ3v) is 2.44. The SMILES string of the molecule is NNc1cccc(-n2ccc(C(N)=O)n2)c1[N+](=O)[O-]. The van der Waals surface area contributed by atoms with Crippen LogP contribution in [-0.2, 0) is 0 Å². The van der Waals surface area contributed by atoms with Gasteiger partial charge in [0.1, 0.15) is 17.1 Å². The summed E-state index contributed by atoms with van der Waals surface area (Å²) in [5, 5.41) is 15.0. The lowest BCUT2D eigenvalue weighted by Gasteiger charge is -2.06. The number of nitrogens with two attached hydrogens (primary N) is 2. The second-order valence-electron chi connectivity index (χ2n) is 3.58. The molecule has 0 aliphatic carbocycles. The maximum absolute atomic E-state index is 11.1. The van der Waals surface area contributed by atoms with Crippen LogP contribution in [0.4, 0.5) is 11.4 Å². The Balaban J connectivity index is 2.60. The second kappa shape index (κ2) is 4.74. The summed E-state index contributed by atoms with van der Waals surface area (Å²) in [6.45, 7) is 0. The van der Waals surface area contributed by atoms with Gasteiger partial charge in [0.2, 0.25) is 0 Å². The van der Waals surface area contributed by atoms with E-state index in [0.29, 0.717) is 0 Å². The van der Waals surface area contributed by atoms with E-state index in [9.17, 15) is 14.9 Å². The number of carbonyl (C=O) groups is 1. The Morgan fingerprint density at radius 2 is 2.16 bits per heavy atom. The van der Waals surface area contributed by atoms with Gasteiger partial charge in [0.15, 0.2) is 0 Å². The molecule has 0 spiro atoms. The monoisotopic (exact) mass is 262 g/mol. The van der Waals surface area contributed by atoms with Gasteiger partial charge in [-0.05, 0) is 18.2 Å².